The average Bonchev–Trinajstić information content (AvgIpc) is 2.45. The molecule has 0 saturated carbocycles. The van der Waals surface area contributed by atoms with E-state index in [1.807, 2.05) is 31.2 Å². The summed E-state index contributed by atoms with van der Waals surface area (Å²) in [4.78, 5) is 25.6. The van der Waals surface area contributed by atoms with E-state index in [9.17, 15) is 9.59 Å². The Balaban J connectivity index is 2.89. The molecule has 0 radical (unpaired) electrons. The molecule has 20 heavy (non-hydrogen) atoms. The summed E-state index contributed by atoms with van der Waals surface area (Å²) in [5.41, 5.74) is 1.01. The van der Waals surface area contributed by atoms with Crippen LogP contribution in [0, 0.1) is 0 Å². The van der Waals surface area contributed by atoms with Gasteiger partial charge in [0.2, 0.25) is 11.8 Å². The lowest BCUT2D eigenvalue weighted by molar-refractivity contribution is -0.140. The second-order valence-corrected chi connectivity index (χ2v) is 5.60. The molecule has 0 heterocycles. The molecule has 0 saturated heterocycles. The summed E-state index contributed by atoms with van der Waals surface area (Å²) in [6.45, 7) is 4.16. The second kappa shape index (κ2) is 8.04. The Labute approximate surface area is 128 Å². The fourth-order valence-electron chi connectivity index (χ4n) is 1.94. The molecular formula is C15H21BrN2O2. The first-order chi connectivity index (χ1) is 9.49. The van der Waals surface area contributed by atoms with E-state index in [0.717, 1.165) is 16.5 Å². The zero-order valence-electron chi connectivity index (χ0n) is 12.1. The summed E-state index contributed by atoms with van der Waals surface area (Å²) in [7, 11) is 1.58. The summed E-state index contributed by atoms with van der Waals surface area (Å²) in [6, 6.07) is 7.30. The Bertz CT molecular complexity index is 459. The number of hydrogen-bond donors (Lipinski definition) is 1. The molecule has 0 aliphatic heterocycles. The molecule has 110 valence electrons. The number of carbonyl (C=O) groups excluding carboxylic acids is 2. The second-order valence-electron chi connectivity index (χ2n) is 4.69. The van der Waals surface area contributed by atoms with Crippen LogP contribution in [-0.4, -0.2) is 29.8 Å². The van der Waals surface area contributed by atoms with Crippen LogP contribution in [0.1, 0.15) is 32.3 Å². The highest BCUT2D eigenvalue weighted by Crippen LogP contribution is 2.15. The third kappa shape index (κ3) is 4.63. The Kier molecular flexibility index (Phi) is 6.71. The zero-order chi connectivity index (χ0) is 15.1. The van der Waals surface area contributed by atoms with Gasteiger partial charge in [-0.1, -0.05) is 35.0 Å². The van der Waals surface area contributed by atoms with Gasteiger partial charge >= 0.3 is 0 Å². The van der Waals surface area contributed by atoms with E-state index < -0.39 is 6.04 Å². The first-order valence-electron chi connectivity index (χ1n) is 6.75. The van der Waals surface area contributed by atoms with Crippen LogP contribution in [0.2, 0.25) is 0 Å². The van der Waals surface area contributed by atoms with Gasteiger partial charge in [-0.05, 0) is 31.0 Å². The van der Waals surface area contributed by atoms with E-state index in [1.165, 1.54) is 0 Å². The van der Waals surface area contributed by atoms with Gasteiger partial charge in [-0.2, -0.15) is 0 Å². The van der Waals surface area contributed by atoms with E-state index in [1.54, 1.807) is 18.9 Å². The minimum absolute atomic E-state index is 0.00604. The van der Waals surface area contributed by atoms with Gasteiger partial charge in [-0.25, -0.2) is 0 Å². The minimum atomic E-state index is -0.470. The predicted molar refractivity (Wildman–Crippen MR) is 83.1 cm³/mol. The van der Waals surface area contributed by atoms with Crippen LogP contribution in [0.3, 0.4) is 0 Å². The smallest absolute Gasteiger partial charge is 0.242 e. The van der Waals surface area contributed by atoms with Crippen LogP contribution in [0.5, 0.6) is 0 Å². The van der Waals surface area contributed by atoms with Crippen molar-refractivity contribution >= 4 is 27.7 Å². The Morgan fingerprint density at radius 2 is 1.90 bits per heavy atom. The molecule has 1 N–H and O–H groups in total. The normalized spacial score (nSPS) is 11.8. The van der Waals surface area contributed by atoms with E-state index in [4.69, 9.17) is 0 Å². The van der Waals surface area contributed by atoms with Crippen molar-refractivity contribution in [3.8, 4) is 0 Å². The number of carbonyl (C=O) groups is 2. The van der Waals surface area contributed by atoms with Crippen LogP contribution in [0.15, 0.2) is 28.7 Å². The van der Waals surface area contributed by atoms with Crippen molar-refractivity contribution in [3.63, 3.8) is 0 Å². The van der Waals surface area contributed by atoms with E-state index in [2.05, 4.69) is 21.2 Å². The van der Waals surface area contributed by atoms with Crippen molar-refractivity contribution in [2.24, 2.45) is 0 Å². The number of rotatable bonds is 6. The van der Waals surface area contributed by atoms with Gasteiger partial charge in [0.1, 0.15) is 6.04 Å². The van der Waals surface area contributed by atoms with Crippen molar-refractivity contribution < 1.29 is 9.59 Å². The van der Waals surface area contributed by atoms with E-state index >= 15 is 0 Å². The maximum absolute atomic E-state index is 12.2. The molecule has 1 unspecified atom stereocenters. The topological polar surface area (TPSA) is 49.4 Å². The average molecular weight is 341 g/mol. The number of hydrogen-bond acceptors (Lipinski definition) is 2. The van der Waals surface area contributed by atoms with Gasteiger partial charge in [-0.15, -0.1) is 0 Å². The Hall–Kier alpha value is -1.36. The molecule has 0 aromatic heterocycles. The number of benzene rings is 1. The highest BCUT2D eigenvalue weighted by molar-refractivity contribution is 9.10. The van der Waals surface area contributed by atoms with Gasteiger partial charge < -0.3 is 10.2 Å². The molecule has 2 amide bonds. The first kappa shape index (κ1) is 16.7. The van der Waals surface area contributed by atoms with Gasteiger partial charge in [0.05, 0.1) is 0 Å². The minimum Gasteiger partial charge on any atom is -0.357 e. The fraction of sp³-hybridized carbons (Fsp3) is 0.467. The molecule has 1 aromatic carbocycles. The standard InChI is InChI=1S/C15H21BrN2O2/c1-4-5-14(19)18(11(2)15(20)17-3)10-12-6-8-13(16)9-7-12/h6-9,11H,4-5,10H2,1-3H3,(H,17,20). The van der Waals surface area contributed by atoms with Crippen LogP contribution in [0.25, 0.3) is 0 Å². The summed E-state index contributed by atoms with van der Waals surface area (Å²) < 4.78 is 0.993. The van der Waals surface area contributed by atoms with Crippen LogP contribution < -0.4 is 5.32 Å². The van der Waals surface area contributed by atoms with Gasteiger partial charge in [0.25, 0.3) is 0 Å². The molecule has 0 bridgehead atoms. The summed E-state index contributed by atoms with van der Waals surface area (Å²) in [5, 5.41) is 2.60. The highest BCUT2D eigenvalue weighted by atomic mass is 79.9. The highest BCUT2D eigenvalue weighted by Gasteiger charge is 2.24. The summed E-state index contributed by atoms with van der Waals surface area (Å²) >= 11 is 3.38. The van der Waals surface area contributed by atoms with Crippen molar-refractivity contribution in [3.05, 3.63) is 34.3 Å². The lowest BCUT2D eigenvalue weighted by Gasteiger charge is -2.28. The van der Waals surface area contributed by atoms with Gasteiger partial charge in [-0.3, -0.25) is 9.59 Å². The molecule has 0 fully saturated rings. The molecule has 1 aromatic rings. The molecule has 1 atom stereocenters. The molecule has 0 aliphatic carbocycles. The van der Waals surface area contributed by atoms with Gasteiger partial charge in [0.15, 0.2) is 0 Å². The monoisotopic (exact) mass is 340 g/mol. The van der Waals surface area contributed by atoms with E-state index in [0.29, 0.717) is 13.0 Å². The number of nitrogens with one attached hydrogen (secondary N) is 1. The largest absolute Gasteiger partial charge is 0.357 e. The number of likely N-dealkylation sites (N-methyl/N-ethyl adjacent to an activating group) is 1. The summed E-state index contributed by atoms with van der Waals surface area (Å²) in [5.74, 6) is -0.141. The fourth-order valence-corrected chi connectivity index (χ4v) is 2.20. The number of nitrogens with zero attached hydrogens (tertiary/aromatic N) is 1. The van der Waals surface area contributed by atoms with Crippen molar-refractivity contribution in [1.82, 2.24) is 10.2 Å². The number of halogens is 1. The van der Waals surface area contributed by atoms with Crippen molar-refractivity contribution in [1.29, 1.82) is 0 Å². The molecule has 1 rings (SSSR count). The number of amides is 2. The van der Waals surface area contributed by atoms with Crippen LogP contribution in [0.4, 0.5) is 0 Å². The molecule has 0 spiro atoms. The third-order valence-corrected chi connectivity index (χ3v) is 3.67. The van der Waals surface area contributed by atoms with Crippen LogP contribution >= 0.6 is 15.9 Å². The molecular weight excluding hydrogens is 320 g/mol. The maximum atomic E-state index is 12.2. The quantitative estimate of drug-likeness (QED) is 0.865. The molecule has 5 heteroatoms. The summed E-state index contributed by atoms with van der Waals surface area (Å²) in [6.07, 6.45) is 1.23. The Morgan fingerprint density at radius 3 is 2.40 bits per heavy atom. The van der Waals surface area contributed by atoms with Gasteiger partial charge in [0, 0.05) is 24.5 Å². The SMILES string of the molecule is CCCC(=O)N(Cc1ccc(Br)cc1)C(C)C(=O)NC. The van der Waals surface area contributed by atoms with E-state index in [-0.39, 0.29) is 11.8 Å². The molecule has 4 nitrogen and oxygen atoms in total. The Morgan fingerprint density at radius 1 is 1.30 bits per heavy atom. The van der Waals surface area contributed by atoms with Crippen molar-refractivity contribution in [2.75, 3.05) is 7.05 Å². The third-order valence-electron chi connectivity index (χ3n) is 3.14. The maximum Gasteiger partial charge on any atom is 0.242 e. The zero-order valence-corrected chi connectivity index (χ0v) is 13.7. The lowest BCUT2D eigenvalue weighted by atomic mass is 10.1. The first-order valence-corrected chi connectivity index (χ1v) is 7.54. The van der Waals surface area contributed by atoms with Crippen molar-refractivity contribution in [2.45, 2.75) is 39.3 Å². The lowest BCUT2D eigenvalue weighted by Crippen LogP contribution is -2.46. The van der Waals surface area contributed by atoms with Crippen LogP contribution in [-0.2, 0) is 16.1 Å². The molecule has 0 aliphatic rings. The predicted octanol–water partition coefficient (Wildman–Crippen LogP) is 2.71.